The molecule has 0 radical (unpaired) electrons. The highest BCUT2D eigenvalue weighted by molar-refractivity contribution is 7.09. The molecule has 0 saturated carbocycles. The summed E-state index contributed by atoms with van der Waals surface area (Å²) in [6.07, 6.45) is 1.81. The number of hydrogen-bond acceptors (Lipinski definition) is 4. The van der Waals surface area contributed by atoms with Crippen LogP contribution in [0.5, 0.6) is 0 Å². The normalized spacial score (nSPS) is 12.9. The van der Waals surface area contributed by atoms with Crippen LogP contribution in [0.4, 0.5) is 0 Å². The fourth-order valence-corrected chi connectivity index (χ4v) is 2.07. The predicted octanol–water partition coefficient (Wildman–Crippen LogP) is 3.24. The third-order valence-electron chi connectivity index (χ3n) is 2.03. The predicted molar refractivity (Wildman–Crippen MR) is 61.1 cm³/mol. The summed E-state index contributed by atoms with van der Waals surface area (Å²) < 4.78 is 5.24. The van der Waals surface area contributed by atoms with E-state index in [1.165, 1.54) is 0 Å². The number of nitrogens with zero attached hydrogens (tertiary/aromatic N) is 1. The third-order valence-corrected chi connectivity index (χ3v) is 3.19. The molecule has 1 unspecified atom stereocenters. The lowest BCUT2D eigenvalue weighted by molar-refractivity contribution is 0.461. The van der Waals surface area contributed by atoms with Gasteiger partial charge in [-0.3, -0.25) is 0 Å². The Balaban J connectivity index is 1.88. The quantitative estimate of drug-likeness (QED) is 0.895. The van der Waals surface area contributed by atoms with Gasteiger partial charge in [-0.25, -0.2) is 4.98 Å². The minimum Gasteiger partial charge on any atom is -0.448 e. The van der Waals surface area contributed by atoms with E-state index in [9.17, 15) is 0 Å². The fraction of sp³-hybridized carbons (Fsp3) is 0.300. The van der Waals surface area contributed by atoms with Gasteiger partial charge in [0.2, 0.25) is 0 Å². The average molecular weight is 243 g/mol. The number of halogens is 1. The number of nitrogens with one attached hydrogen (secondary N) is 1. The van der Waals surface area contributed by atoms with E-state index in [2.05, 4.69) is 17.2 Å². The van der Waals surface area contributed by atoms with E-state index in [4.69, 9.17) is 16.0 Å². The van der Waals surface area contributed by atoms with Crippen LogP contribution in [0.15, 0.2) is 28.1 Å². The van der Waals surface area contributed by atoms with Crippen LogP contribution in [-0.4, -0.2) is 4.98 Å². The molecule has 15 heavy (non-hydrogen) atoms. The molecule has 0 bridgehead atoms. The highest BCUT2D eigenvalue weighted by Gasteiger charge is 2.08. The van der Waals surface area contributed by atoms with Crippen LogP contribution >= 0.6 is 22.9 Å². The molecule has 3 nitrogen and oxygen atoms in total. The molecule has 0 amide bonds. The topological polar surface area (TPSA) is 38.1 Å². The van der Waals surface area contributed by atoms with E-state index in [1.807, 2.05) is 17.6 Å². The molecule has 80 valence electrons. The number of furan rings is 1. The molecule has 0 aliphatic carbocycles. The summed E-state index contributed by atoms with van der Waals surface area (Å²) in [6.45, 7) is 2.73. The van der Waals surface area contributed by atoms with Crippen molar-refractivity contribution in [1.29, 1.82) is 0 Å². The number of aromatic nitrogens is 1. The van der Waals surface area contributed by atoms with Crippen molar-refractivity contribution in [2.45, 2.75) is 19.5 Å². The SMILES string of the molecule is CC(NCc1ccc(Cl)o1)c1nccs1. The molecule has 2 aromatic heterocycles. The Morgan fingerprint density at radius 1 is 1.60 bits per heavy atom. The lowest BCUT2D eigenvalue weighted by Gasteiger charge is -2.08. The highest BCUT2D eigenvalue weighted by atomic mass is 35.5. The molecule has 0 fully saturated rings. The van der Waals surface area contributed by atoms with E-state index in [-0.39, 0.29) is 6.04 Å². The zero-order valence-electron chi connectivity index (χ0n) is 8.24. The zero-order chi connectivity index (χ0) is 10.7. The smallest absolute Gasteiger partial charge is 0.193 e. The molecule has 0 aliphatic rings. The second kappa shape index (κ2) is 4.79. The molecular weight excluding hydrogens is 232 g/mol. The molecule has 2 heterocycles. The molecule has 2 rings (SSSR count). The maximum Gasteiger partial charge on any atom is 0.193 e. The molecule has 1 atom stereocenters. The van der Waals surface area contributed by atoms with Gasteiger partial charge in [-0.05, 0) is 30.7 Å². The van der Waals surface area contributed by atoms with Crippen LogP contribution in [0, 0.1) is 0 Å². The van der Waals surface area contributed by atoms with Crippen LogP contribution in [0.25, 0.3) is 0 Å². The van der Waals surface area contributed by atoms with Gasteiger partial charge in [0.05, 0.1) is 12.6 Å². The summed E-state index contributed by atoms with van der Waals surface area (Å²) in [4.78, 5) is 4.23. The monoisotopic (exact) mass is 242 g/mol. The van der Waals surface area contributed by atoms with Gasteiger partial charge in [-0.2, -0.15) is 0 Å². The van der Waals surface area contributed by atoms with Crippen molar-refractivity contribution in [2.75, 3.05) is 0 Å². The molecule has 2 aromatic rings. The second-order valence-electron chi connectivity index (χ2n) is 3.18. The van der Waals surface area contributed by atoms with Crippen LogP contribution in [0.1, 0.15) is 23.7 Å². The minimum atomic E-state index is 0.230. The molecule has 0 spiro atoms. The zero-order valence-corrected chi connectivity index (χ0v) is 9.81. The molecule has 5 heteroatoms. The second-order valence-corrected chi connectivity index (χ2v) is 4.48. The van der Waals surface area contributed by atoms with Gasteiger partial charge in [0.15, 0.2) is 5.22 Å². The lowest BCUT2D eigenvalue weighted by Crippen LogP contribution is -2.17. The van der Waals surface area contributed by atoms with Gasteiger partial charge in [0.1, 0.15) is 10.8 Å². The van der Waals surface area contributed by atoms with E-state index in [0.717, 1.165) is 10.8 Å². The van der Waals surface area contributed by atoms with E-state index < -0.39 is 0 Å². The lowest BCUT2D eigenvalue weighted by atomic mass is 10.3. The van der Waals surface area contributed by atoms with Crippen molar-refractivity contribution in [3.63, 3.8) is 0 Å². The van der Waals surface area contributed by atoms with Crippen molar-refractivity contribution in [1.82, 2.24) is 10.3 Å². The van der Waals surface area contributed by atoms with Crippen molar-refractivity contribution in [3.05, 3.63) is 39.7 Å². The maximum absolute atomic E-state index is 5.67. The molecule has 1 N–H and O–H groups in total. The van der Waals surface area contributed by atoms with Crippen LogP contribution in [0.3, 0.4) is 0 Å². The molecular formula is C10H11ClN2OS. The largest absolute Gasteiger partial charge is 0.448 e. The van der Waals surface area contributed by atoms with Gasteiger partial charge in [-0.1, -0.05) is 0 Å². The Kier molecular flexibility index (Phi) is 3.41. The van der Waals surface area contributed by atoms with E-state index in [1.54, 1.807) is 17.4 Å². The maximum atomic E-state index is 5.67. The van der Waals surface area contributed by atoms with Crippen molar-refractivity contribution in [3.8, 4) is 0 Å². The molecule has 0 aromatic carbocycles. The summed E-state index contributed by atoms with van der Waals surface area (Å²) in [7, 11) is 0. The van der Waals surface area contributed by atoms with Crippen molar-refractivity contribution >= 4 is 22.9 Å². The summed E-state index contributed by atoms with van der Waals surface area (Å²) >= 11 is 7.31. The van der Waals surface area contributed by atoms with Crippen LogP contribution in [0.2, 0.25) is 5.22 Å². The first-order valence-electron chi connectivity index (χ1n) is 4.62. The van der Waals surface area contributed by atoms with Gasteiger partial charge in [0, 0.05) is 11.6 Å². The number of thiazole rings is 1. The molecule has 0 saturated heterocycles. The van der Waals surface area contributed by atoms with E-state index >= 15 is 0 Å². The van der Waals surface area contributed by atoms with Gasteiger partial charge < -0.3 is 9.73 Å². The first-order chi connectivity index (χ1) is 7.25. The van der Waals surface area contributed by atoms with Crippen LogP contribution in [-0.2, 0) is 6.54 Å². The third kappa shape index (κ3) is 2.81. The average Bonchev–Trinajstić information content (AvgIpc) is 2.84. The summed E-state index contributed by atoms with van der Waals surface area (Å²) in [5.41, 5.74) is 0. The van der Waals surface area contributed by atoms with Crippen molar-refractivity contribution in [2.24, 2.45) is 0 Å². The highest BCUT2D eigenvalue weighted by Crippen LogP contribution is 2.17. The van der Waals surface area contributed by atoms with Gasteiger partial charge in [-0.15, -0.1) is 11.3 Å². The van der Waals surface area contributed by atoms with Crippen molar-refractivity contribution < 1.29 is 4.42 Å². The Hall–Kier alpha value is -0.840. The van der Waals surface area contributed by atoms with E-state index in [0.29, 0.717) is 11.8 Å². The first kappa shape index (κ1) is 10.7. The number of rotatable bonds is 4. The molecule has 0 aliphatic heterocycles. The number of hydrogen-bond donors (Lipinski definition) is 1. The van der Waals surface area contributed by atoms with Gasteiger partial charge >= 0.3 is 0 Å². The Morgan fingerprint density at radius 3 is 3.07 bits per heavy atom. The standard InChI is InChI=1S/C10H11ClN2OS/c1-7(10-12-4-5-15-10)13-6-8-2-3-9(11)14-8/h2-5,7,13H,6H2,1H3. The summed E-state index contributed by atoms with van der Waals surface area (Å²) in [6, 6.07) is 3.84. The fourth-order valence-electron chi connectivity index (χ4n) is 1.24. The Bertz CT molecular complexity index is 413. The van der Waals surface area contributed by atoms with Gasteiger partial charge in [0.25, 0.3) is 0 Å². The Labute approximate surface area is 97.1 Å². The minimum absolute atomic E-state index is 0.230. The summed E-state index contributed by atoms with van der Waals surface area (Å²) in [5, 5.41) is 6.78. The first-order valence-corrected chi connectivity index (χ1v) is 5.88. The summed E-state index contributed by atoms with van der Waals surface area (Å²) in [5.74, 6) is 0.836. The van der Waals surface area contributed by atoms with Crippen LogP contribution < -0.4 is 5.32 Å². The Morgan fingerprint density at radius 2 is 2.47 bits per heavy atom.